The lowest BCUT2D eigenvalue weighted by molar-refractivity contribution is 0.355. The summed E-state index contributed by atoms with van der Waals surface area (Å²) >= 11 is 0. The van der Waals surface area contributed by atoms with Gasteiger partial charge in [-0.05, 0) is 25.5 Å². The van der Waals surface area contributed by atoms with Gasteiger partial charge in [0.1, 0.15) is 0 Å². The van der Waals surface area contributed by atoms with Crippen LogP contribution in [-0.2, 0) is 0 Å². The number of nitrogens with one attached hydrogen (secondary N) is 2. The Morgan fingerprint density at radius 1 is 1.16 bits per heavy atom. The summed E-state index contributed by atoms with van der Waals surface area (Å²) in [5.74, 6) is 2.18. The van der Waals surface area contributed by atoms with Crippen LogP contribution in [0.4, 0.5) is 5.69 Å². The molecule has 0 heterocycles. The van der Waals surface area contributed by atoms with E-state index in [1.165, 1.54) is 0 Å². The van der Waals surface area contributed by atoms with Gasteiger partial charge < -0.3 is 20.1 Å². The maximum Gasteiger partial charge on any atom is 0.195 e. The van der Waals surface area contributed by atoms with Gasteiger partial charge in [-0.15, -0.1) is 0 Å². The van der Waals surface area contributed by atoms with Gasteiger partial charge in [-0.2, -0.15) is 0 Å². The number of aliphatic imine (C=N–C) groups is 1. The van der Waals surface area contributed by atoms with E-state index in [0.29, 0.717) is 11.5 Å². The summed E-state index contributed by atoms with van der Waals surface area (Å²) in [5, 5.41) is 6.44. The molecule has 5 nitrogen and oxygen atoms in total. The highest BCUT2D eigenvalue weighted by atomic mass is 16.5. The van der Waals surface area contributed by atoms with Crippen LogP contribution in [0, 0.1) is 0 Å². The lowest BCUT2D eigenvalue weighted by Gasteiger charge is -2.13. The third-order valence-electron chi connectivity index (χ3n) is 2.48. The van der Waals surface area contributed by atoms with E-state index in [-0.39, 0.29) is 0 Å². The molecule has 0 aromatic heterocycles. The molecule has 2 N–H and O–H groups in total. The first-order valence-corrected chi connectivity index (χ1v) is 6.52. The summed E-state index contributed by atoms with van der Waals surface area (Å²) < 4.78 is 10.5. The molecule has 1 aromatic carbocycles. The molecule has 0 saturated carbocycles. The molecule has 0 aliphatic carbocycles. The Bertz CT molecular complexity index is 419. The highest BCUT2D eigenvalue weighted by Gasteiger charge is 2.05. The van der Waals surface area contributed by atoms with Crippen molar-refractivity contribution in [3.63, 3.8) is 0 Å². The number of nitrogens with zero attached hydrogens (tertiary/aromatic N) is 1. The van der Waals surface area contributed by atoms with Crippen molar-refractivity contribution in [2.75, 3.05) is 32.6 Å². The number of hydrogen-bond acceptors (Lipinski definition) is 3. The third-order valence-corrected chi connectivity index (χ3v) is 2.48. The second-order valence-electron chi connectivity index (χ2n) is 3.96. The minimum atomic E-state index is 0.693. The molecular weight excluding hydrogens is 242 g/mol. The van der Waals surface area contributed by atoms with Gasteiger partial charge in [-0.3, -0.25) is 4.99 Å². The number of anilines is 1. The molecule has 0 aliphatic heterocycles. The maximum absolute atomic E-state index is 5.27. The van der Waals surface area contributed by atoms with Crippen molar-refractivity contribution < 1.29 is 9.47 Å². The molecule has 1 rings (SSSR count). The zero-order valence-corrected chi connectivity index (χ0v) is 12.1. The fourth-order valence-corrected chi connectivity index (χ4v) is 1.58. The second kappa shape index (κ2) is 8.24. The van der Waals surface area contributed by atoms with Crippen molar-refractivity contribution in [1.29, 1.82) is 0 Å². The Labute approximate surface area is 115 Å². The van der Waals surface area contributed by atoms with Gasteiger partial charge in [0.05, 0.1) is 14.2 Å². The quantitative estimate of drug-likeness (QED) is 0.613. The Morgan fingerprint density at radius 2 is 1.89 bits per heavy atom. The molecule has 0 amide bonds. The average Bonchev–Trinajstić information content (AvgIpc) is 2.44. The first-order chi connectivity index (χ1) is 9.24. The molecule has 19 heavy (non-hydrogen) atoms. The summed E-state index contributed by atoms with van der Waals surface area (Å²) in [5.41, 5.74) is 0.911. The van der Waals surface area contributed by atoms with Gasteiger partial charge in [-0.25, -0.2) is 0 Å². The Kier molecular flexibility index (Phi) is 6.57. The van der Waals surface area contributed by atoms with E-state index in [4.69, 9.17) is 9.47 Å². The van der Waals surface area contributed by atoms with Gasteiger partial charge in [0.2, 0.25) is 0 Å². The average molecular weight is 265 g/mol. The van der Waals surface area contributed by atoms with Crippen molar-refractivity contribution >= 4 is 11.6 Å². The van der Waals surface area contributed by atoms with Crippen LogP contribution in [0.2, 0.25) is 0 Å². The number of hydrogen-bond donors (Lipinski definition) is 2. The standard InChI is InChI=1S/C14H23N3O2/c1-5-9-16-14(15-6-2)17-11-7-8-12(18-3)13(10-11)19-4/h7-8,10H,5-6,9H2,1-4H3,(H2,15,16,17). The fourth-order valence-electron chi connectivity index (χ4n) is 1.58. The first kappa shape index (κ1) is 15.1. The van der Waals surface area contributed by atoms with E-state index < -0.39 is 0 Å². The minimum absolute atomic E-state index is 0.693. The van der Waals surface area contributed by atoms with Crippen LogP contribution in [0.15, 0.2) is 23.2 Å². The third kappa shape index (κ3) is 4.69. The molecule has 0 saturated heterocycles. The lowest BCUT2D eigenvalue weighted by atomic mass is 10.3. The van der Waals surface area contributed by atoms with Gasteiger partial charge in [0.15, 0.2) is 17.5 Å². The number of ether oxygens (including phenoxy) is 2. The summed E-state index contributed by atoms with van der Waals surface area (Å²) in [7, 11) is 3.25. The molecule has 0 spiro atoms. The maximum atomic E-state index is 5.27. The van der Waals surface area contributed by atoms with Crippen LogP contribution in [0.1, 0.15) is 20.3 Å². The normalized spacial score (nSPS) is 11.1. The summed E-state index contributed by atoms with van der Waals surface area (Å²) in [6.07, 6.45) is 1.02. The van der Waals surface area contributed by atoms with Crippen molar-refractivity contribution in [3.05, 3.63) is 18.2 Å². The second-order valence-corrected chi connectivity index (χ2v) is 3.96. The monoisotopic (exact) mass is 265 g/mol. The zero-order valence-electron chi connectivity index (χ0n) is 12.1. The number of rotatable bonds is 6. The summed E-state index contributed by atoms with van der Waals surface area (Å²) in [6.45, 7) is 5.76. The van der Waals surface area contributed by atoms with Gasteiger partial charge >= 0.3 is 0 Å². The lowest BCUT2D eigenvalue weighted by Crippen LogP contribution is -2.30. The molecule has 0 unspecified atom stereocenters. The van der Waals surface area contributed by atoms with Crippen LogP contribution in [0.25, 0.3) is 0 Å². The number of guanidine groups is 1. The van der Waals surface area contributed by atoms with E-state index in [1.54, 1.807) is 14.2 Å². The van der Waals surface area contributed by atoms with Crippen LogP contribution in [0.3, 0.4) is 0 Å². The van der Waals surface area contributed by atoms with Crippen molar-refractivity contribution in [1.82, 2.24) is 5.32 Å². The molecule has 0 atom stereocenters. The molecule has 106 valence electrons. The smallest absolute Gasteiger partial charge is 0.195 e. The predicted molar refractivity (Wildman–Crippen MR) is 79.4 cm³/mol. The Hall–Kier alpha value is -1.91. The molecule has 0 bridgehead atoms. The largest absolute Gasteiger partial charge is 0.493 e. The molecule has 1 aromatic rings. The van der Waals surface area contributed by atoms with Gasteiger partial charge in [-0.1, -0.05) is 6.92 Å². The van der Waals surface area contributed by atoms with E-state index in [0.717, 1.165) is 31.2 Å². The van der Waals surface area contributed by atoms with E-state index in [1.807, 2.05) is 25.1 Å². The Morgan fingerprint density at radius 3 is 2.47 bits per heavy atom. The number of benzene rings is 1. The van der Waals surface area contributed by atoms with Gasteiger partial charge in [0, 0.05) is 24.8 Å². The van der Waals surface area contributed by atoms with Crippen LogP contribution in [0.5, 0.6) is 11.5 Å². The highest BCUT2D eigenvalue weighted by Crippen LogP contribution is 2.29. The molecule has 0 radical (unpaired) electrons. The van der Waals surface area contributed by atoms with Crippen LogP contribution >= 0.6 is 0 Å². The Balaban J connectivity index is 2.84. The highest BCUT2D eigenvalue weighted by molar-refractivity contribution is 5.93. The summed E-state index contributed by atoms with van der Waals surface area (Å²) in [6, 6.07) is 5.68. The first-order valence-electron chi connectivity index (χ1n) is 6.52. The predicted octanol–water partition coefficient (Wildman–Crippen LogP) is 2.49. The van der Waals surface area contributed by atoms with Gasteiger partial charge in [0.25, 0.3) is 0 Å². The molecule has 0 fully saturated rings. The zero-order chi connectivity index (χ0) is 14.1. The van der Waals surface area contributed by atoms with Crippen LogP contribution < -0.4 is 20.1 Å². The topological polar surface area (TPSA) is 54.9 Å². The van der Waals surface area contributed by atoms with E-state index >= 15 is 0 Å². The van der Waals surface area contributed by atoms with E-state index in [2.05, 4.69) is 22.5 Å². The fraction of sp³-hybridized carbons (Fsp3) is 0.500. The van der Waals surface area contributed by atoms with Crippen molar-refractivity contribution in [2.45, 2.75) is 20.3 Å². The molecule has 5 heteroatoms. The number of methoxy groups -OCH3 is 2. The van der Waals surface area contributed by atoms with Crippen molar-refractivity contribution in [3.8, 4) is 11.5 Å². The summed E-state index contributed by atoms with van der Waals surface area (Å²) in [4.78, 5) is 4.45. The molecule has 0 aliphatic rings. The minimum Gasteiger partial charge on any atom is -0.493 e. The van der Waals surface area contributed by atoms with Crippen molar-refractivity contribution in [2.24, 2.45) is 4.99 Å². The SMILES string of the molecule is CCCN=C(NCC)Nc1ccc(OC)c(OC)c1. The van der Waals surface area contributed by atoms with E-state index in [9.17, 15) is 0 Å². The van der Waals surface area contributed by atoms with Crippen LogP contribution in [-0.4, -0.2) is 33.3 Å². The molecular formula is C14H23N3O2.